The van der Waals surface area contributed by atoms with Crippen LogP contribution >= 0.6 is 11.6 Å². The van der Waals surface area contributed by atoms with Gasteiger partial charge in [0.05, 0.1) is 9.92 Å². The highest BCUT2D eigenvalue weighted by Gasteiger charge is 2.27. The van der Waals surface area contributed by atoms with E-state index in [4.69, 9.17) is 17.3 Å². The maximum atomic E-state index is 13.4. The number of amides is 1. The Kier molecular flexibility index (Phi) is 7.38. The van der Waals surface area contributed by atoms with Crippen LogP contribution in [-0.4, -0.2) is 36.7 Å². The summed E-state index contributed by atoms with van der Waals surface area (Å²) in [6.07, 6.45) is 0.985. The van der Waals surface area contributed by atoms with Crippen LogP contribution in [0.5, 0.6) is 0 Å². The number of anilines is 2. The van der Waals surface area contributed by atoms with Gasteiger partial charge in [-0.15, -0.1) is 0 Å². The van der Waals surface area contributed by atoms with Crippen molar-refractivity contribution in [2.75, 3.05) is 23.4 Å². The van der Waals surface area contributed by atoms with Gasteiger partial charge in [0.15, 0.2) is 15.5 Å². The van der Waals surface area contributed by atoms with Gasteiger partial charge in [0, 0.05) is 24.9 Å². The Morgan fingerprint density at radius 1 is 1.19 bits per heavy atom. The predicted octanol–water partition coefficient (Wildman–Crippen LogP) is 2.13. The Balaban J connectivity index is 2.72. The number of nitrogens with one attached hydrogen (secondary N) is 1. The maximum Gasteiger partial charge on any atom is 0.330 e. The summed E-state index contributed by atoms with van der Waals surface area (Å²) in [7, 11) is -3.69. The van der Waals surface area contributed by atoms with E-state index in [2.05, 4.69) is 4.98 Å². The first-order chi connectivity index (χ1) is 14.2. The van der Waals surface area contributed by atoms with Gasteiger partial charge in [0.1, 0.15) is 5.82 Å². The zero-order valence-electron chi connectivity index (χ0n) is 18.1. The molecule has 0 saturated carbocycles. The number of carbonyl (C=O) groups is 1. The highest BCUT2D eigenvalue weighted by atomic mass is 35.5. The molecule has 1 heterocycles. The molecule has 9 nitrogen and oxygen atoms in total. The van der Waals surface area contributed by atoms with E-state index < -0.39 is 27.0 Å². The molecular formula is C20H27ClN4O5S. The van der Waals surface area contributed by atoms with Gasteiger partial charge in [-0.1, -0.05) is 39.3 Å². The van der Waals surface area contributed by atoms with Crippen molar-refractivity contribution in [2.45, 2.75) is 39.1 Å². The van der Waals surface area contributed by atoms with E-state index in [0.717, 1.165) is 6.26 Å². The van der Waals surface area contributed by atoms with E-state index in [1.165, 1.54) is 27.7 Å². The van der Waals surface area contributed by atoms with Crippen LogP contribution in [0, 0.1) is 11.8 Å². The summed E-state index contributed by atoms with van der Waals surface area (Å²) in [6.45, 7) is 7.82. The topological polar surface area (TPSA) is 135 Å². The van der Waals surface area contributed by atoms with E-state index in [1.807, 2.05) is 27.7 Å². The molecule has 0 spiro atoms. The molecule has 0 aliphatic rings. The van der Waals surface area contributed by atoms with E-state index in [9.17, 15) is 22.8 Å². The van der Waals surface area contributed by atoms with Gasteiger partial charge in [-0.05, 0) is 30.0 Å². The molecule has 0 bridgehead atoms. The number of H-pyrrole nitrogens is 1. The number of benzene rings is 1. The zero-order valence-corrected chi connectivity index (χ0v) is 19.7. The first kappa shape index (κ1) is 24.7. The Labute approximate surface area is 185 Å². The largest absolute Gasteiger partial charge is 0.383 e. The Hall–Kier alpha value is -2.59. The Bertz CT molecular complexity index is 1220. The third kappa shape index (κ3) is 5.56. The highest BCUT2D eigenvalue weighted by Crippen LogP contribution is 2.26. The van der Waals surface area contributed by atoms with Gasteiger partial charge in [-0.3, -0.25) is 19.1 Å². The average molecular weight is 471 g/mol. The second-order valence-corrected chi connectivity index (χ2v) is 10.6. The van der Waals surface area contributed by atoms with Crippen molar-refractivity contribution >= 4 is 38.9 Å². The summed E-state index contributed by atoms with van der Waals surface area (Å²) >= 11 is 5.99. The molecule has 2 rings (SSSR count). The Morgan fingerprint density at radius 2 is 1.81 bits per heavy atom. The normalized spacial score (nSPS) is 11.9. The molecule has 1 aromatic heterocycles. The highest BCUT2D eigenvalue weighted by molar-refractivity contribution is 7.90. The predicted molar refractivity (Wildman–Crippen MR) is 122 cm³/mol. The summed E-state index contributed by atoms with van der Waals surface area (Å²) in [6, 6.07) is 3.86. The number of aromatic nitrogens is 2. The molecule has 170 valence electrons. The van der Waals surface area contributed by atoms with Gasteiger partial charge < -0.3 is 10.6 Å². The molecular weight excluding hydrogens is 444 g/mol. The molecule has 0 radical (unpaired) electrons. The number of sulfone groups is 1. The number of aromatic amines is 1. The Morgan fingerprint density at radius 3 is 2.32 bits per heavy atom. The van der Waals surface area contributed by atoms with E-state index in [0.29, 0.717) is 0 Å². The molecule has 11 heteroatoms. The zero-order chi connectivity index (χ0) is 23.7. The van der Waals surface area contributed by atoms with Gasteiger partial charge in [0.2, 0.25) is 0 Å². The van der Waals surface area contributed by atoms with Crippen LogP contribution in [0.15, 0.2) is 32.7 Å². The minimum absolute atomic E-state index is 0.0164. The van der Waals surface area contributed by atoms with Crippen molar-refractivity contribution in [3.63, 3.8) is 0 Å². The van der Waals surface area contributed by atoms with Gasteiger partial charge in [0.25, 0.3) is 11.5 Å². The van der Waals surface area contributed by atoms with Crippen molar-refractivity contribution in [2.24, 2.45) is 11.8 Å². The molecule has 0 aliphatic carbocycles. The smallest absolute Gasteiger partial charge is 0.330 e. The second kappa shape index (κ2) is 9.27. The van der Waals surface area contributed by atoms with Crippen LogP contribution in [0.25, 0.3) is 0 Å². The summed E-state index contributed by atoms with van der Waals surface area (Å²) in [5, 5.41) is -0.0164. The minimum atomic E-state index is -3.69. The van der Waals surface area contributed by atoms with E-state index in [-0.39, 0.29) is 51.9 Å². The molecule has 0 aliphatic heterocycles. The molecule has 0 atom stereocenters. The van der Waals surface area contributed by atoms with Gasteiger partial charge in [-0.2, -0.15) is 0 Å². The number of nitrogens with two attached hydrogens (primary N) is 1. The van der Waals surface area contributed by atoms with Crippen molar-refractivity contribution < 1.29 is 13.2 Å². The minimum Gasteiger partial charge on any atom is -0.383 e. The van der Waals surface area contributed by atoms with Crippen molar-refractivity contribution in [3.8, 4) is 0 Å². The quantitative estimate of drug-likeness (QED) is 0.636. The number of hydrogen-bond donors (Lipinski definition) is 2. The van der Waals surface area contributed by atoms with Crippen molar-refractivity contribution in [1.82, 2.24) is 9.55 Å². The first-order valence-corrected chi connectivity index (χ1v) is 11.9. The molecule has 3 N–H and O–H groups in total. The molecule has 0 saturated heterocycles. The number of carbonyl (C=O) groups excluding carboxylic acids is 1. The maximum absolute atomic E-state index is 13.4. The number of hydrogen-bond acceptors (Lipinski definition) is 6. The van der Waals surface area contributed by atoms with Crippen molar-refractivity contribution in [1.29, 1.82) is 0 Å². The van der Waals surface area contributed by atoms with Crippen LogP contribution in [0.4, 0.5) is 11.5 Å². The fraction of sp³-hybridized carbons (Fsp3) is 0.450. The molecule has 1 aromatic carbocycles. The third-order valence-electron chi connectivity index (χ3n) is 4.40. The molecule has 2 aromatic rings. The lowest BCUT2D eigenvalue weighted by molar-refractivity contribution is 0.0983. The van der Waals surface area contributed by atoms with Crippen LogP contribution < -0.4 is 21.9 Å². The van der Waals surface area contributed by atoms with Gasteiger partial charge >= 0.3 is 5.69 Å². The monoisotopic (exact) mass is 470 g/mol. The molecule has 31 heavy (non-hydrogen) atoms. The van der Waals surface area contributed by atoms with Crippen LogP contribution in [0.1, 0.15) is 38.1 Å². The van der Waals surface area contributed by atoms with Crippen LogP contribution in [0.2, 0.25) is 5.02 Å². The lowest BCUT2D eigenvalue weighted by Crippen LogP contribution is -2.43. The first-order valence-electron chi connectivity index (χ1n) is 9.68. The summed E-state index contributed by atoms with van der Waals surface area (Å²) in [5.74, 6) is -0.771. The molecule has 1 amide bonds. The fourth-order valence-corrected chi connectivity index (χ4v) is 4.40. The lowest BCUT2D eigenvalue weighted by atomic mass is 10.1. The lowest BCUT2D eigenvalue weighted by Gasteiger charge is -2.26. The SMILES string of the molecule is CC(C)CN(C(=O)c1ccc(Cl)c(S(C)(=O)=O)c1)c1c(N)n(CC(C)C)c(=O)[nH]c1=O. The number of rotatable bonds is 7. The number of nitrogen functional groups attached to an aromatic ring is 1. The molecule has 0 unspecified atom stereocenters. The molecule has 0 fully saturated rings. The summed E-state index contributed by atoms with van der Waals surface area (Å²) in [4.78, 5) is 41.5. The summed E-state index contributed by atoms with van der Waals surface area (Å²) in [5.41, 5.74) is 4.58. The van der Waals surface area contributed by atoms with Crippen LogP contribution in [0.3, 0.4) is 0 Å². The average Bonchev–Trinajstić information content (AvgIpc) is 2.62. The number of nitrogens with zero attached hydrogens (tertiary/aromatic N) is 2. The van der Waals surface area contributed by atoms with E-state index >= 15 is 0 Å². The van der Waals surface area contributed by atoms with Gasteiger partial charge in [-0.25, -0.2) is 13.2 Å². The van der Waals surface area contributed by atoms with Crippen LogP contribution in [-0.2, 0) is 16.4 Å². The fourth-order valence-electron chi connectivity index (χ4n) is 3.10. The standard InChI is InChI=1S/C20H27ClN4O5S/c1-11(2)9-24(16-17(22)25(10-12(3)4)20(28)23-18(16)26)19(27)13-6-7-14(21)15(8-13)31(5,29)30/h6-8,11-12H,9-10,22H2,1-5H3,(H,23,26,28). The van der Waals surface area contributed by atoms with E-state index in [1.54, 1.807) is 0 Å². The second-order valence-electron chi connectivity index (χ2n) is 8.22. The van der Waals surface area contributed by atoms with Crippen molar-refractivity contribution in [3.05, 3.63) is 49.6 Å². The number of halogens is 1. The summed E-state index contributed by atoms with van der Waals surface area (Å²) < 4.78 is 25.2. The third-order valence-corrected chi connectivity index (χ3v) is 5.98.